The fourth-order valence-corrected chi connectivity index (χ4v) is 1.92. The van der Waals surface area contributed by atoms with E-state index in [0.29, 0.717) is 22.7 Å². The summed E-state index contributed by atoms with van der Waals surface area (Å²) in [5, 5.41) is 6.03. The van der Waals surface area contributed by atoms with Crippen LogP contribution in [-0.2, 0) is 0 Å². The van der Waals surface area contributed by atoms with Crippen LogP contribution in [0.3, 0.4) is 0 Å². The van der Waals surface area contributed by atoms with Gasteiger partial charge >= 0.3 is 0 Å². The predicted octanol–water partition coefficient (Wildman–Crippen LogP) is 1.84. The molecule has 1 saturated carbocycles. The van der Waals surface area contributed by atoms with Gasteiger partial charge in [0.1, 0.15) is 0 Å². The zero-order valence-electron chi connectivity index (χ0n) is 10.5. The molecule has 1 unspecified atom stereocenters. The monoisotopic (exact) mass is 233 g/mol. The quantitative estimate of drug-likeness (QED) is 0.698. The number of carbonyl (C=O) groups is 1. The minimum Gasteiger partial charge on any atom is -0.399 e. The number of nitrogen functional groups attached to an aromatic ring is 1. The fraction of sp³-hybridized carbons (Fsp3) is 0.462. The van der Waals surface area contributed by atoms with Gasteiger partial charge in [0.15, 0.2) is 0 Å². The van der Waals surface area contributed by atoms with E-state index in [-0.39, 0.29) is 5.91 Å². The van der Waals surface area contributed by atoms with E-state index < -0.39 is 0 Å². The van der Waals surface area contributed by atoms with Crippen molar-refractivity contribution in [2.75, 3.05) is 18.1 Å². The molecule has 0 aromatic heterocycles. The van der Waals surface area contributed by atoms with E-state index in [1.54, 1.807) is 19.2 Å². The van der Waals surface area contributed by atoms with Crippen molar-refractivity contribution in [2.24, 2.45) is 5.41 Å². The molecule has 0 bridgehead atoms. The first-order valence-corrected chi connectivity index (χ1v) is 5.82. The lowest BCUT2D eigenvalue weighted by Gasteiger charge is -2.13. The number of nitrogens with one attached hydrogen (secondary N) is 2. The Labute approximate surface area is 102 Å². The zero-order valence-corrected chi connectivity index (χ0v) is 10.5. The molecule has 1 amide bonds. The van der Waals surface area contributed by atoms with Crippen molar-refractivity contribution in [2.45, 2.75) is 26.3 Å². The van der Waals surface area contributed by atoms with Crippen LogP contribution in [0.4, 0.5) is 11.4 Å². The number of hydrogen-bond donors (Lipinski definition) is 3. The van der Waals surface area contributed by atoms with Crippen LogP contribution in [-0.4, -0.2) is 19.0 Å². The Bertz CT molecular complexity index is 454. The Hall–Kier alpha value is -1.71. The lowest BCUT2D eigenvalue weighted by atomic mass is 10.1. The molecule has 2 rings (SSSR count). The first-order chi connectivity index (χ1) is 7.94. The fourth-order valence-electron chi connectivity index (χ4n) is 1.92. The normalized spacial score (nSPS) is 20.8. The highest BCUT2D eigenvalue weighted by Gasteiger charge is 2.45. The molecule has 4 heteroatoms. The van der Waals surface area contributed by atoms with Crippen LogP contribution in [0, 0.1) is 5.41 Å². The first-order valence-electron chi connectivity index (χ1n) is 5.82. The molecule has 1 aliphatic rings. The van der Waals surface area contributed by atoms with Crippen molar-refractivity contribution in [3.8, 4) is 0 Å². The maximum absolute atomic E-state index is 11.7. The molecule has 1 atom stereocenters. The molecule has 92 valence electrons. The zero-order chi connectivity index (χ0) is 12.6. The van der Waals surface area contributed by atoms with Crippen molar-refractivity contribution >= 4 is 17.3 Å². The van der Waals surface area contributed by atoms with Gasteiger partial charge in [-0.05, 0) is 30.0 Å². The summed E-state index contributed by atoms with van der Waals surface area (Å²) in [5.74, 6) is -0.0917. The third-order valence-corrected chi connectivity index (χ3v) is 3.36. The molecule has 0 heterocycles. The number of nitrogens with two attached hydrogens (primary N) is 1. The van der Waals surface area contributed by atoms with Crippen LogP contribution in [0.15, 0.2) is 18.2 Å². The summed E-state index contributed by atoms with van der Waals surface area (Å²) in [4.78, 5) is 11.7. The van der Waals surface area contributed by atoms with Gasteiger partial charge in [-0.2, -0.15) is 0 Å². The van der Waals surface area contributed by atoms with Gasteiger partial charge in [0.25, 0.3) is 5.91 Å². The van der Waals surface area contributed by atoms with Gasteiger partial charge in [0.2, 0.25) is 0 Å². The van der Waals surface area contributed by atoms with Crippen molar-refractivity contribution < 1.29 is 4.79 Å². The Balaban J connectivity index is 2.25. The molecule has 1 fully saturated rings. The van der Waals surface area contributed by atoms with E-state index in [0.717, 1.165) is 12.1 Å². The minimum atomic E-state index is -0.0917. The minimum absolute atomic E-state index is 0.0917. The summed E-state index contributed by atoms with van der Waals surface area (Å²) in [6.45, 7) is 4.41. The molecular formula is C13H19N3O. The van der Waals surface area contributed by atoms with Gasteiger partial charge in [0.05, 0.1) is 5.56 Å². The Kier molecular flexibility index (Phi) is 2.73. The average Bonchev–Trinajstić information content (AvgIpc) is 2.85. The smallest absolute Gasteiger partial charge is 0.253 e. The number of hydrogen-bond acceptors (Lipinski definition) is 3. The highest BCUT2D eigenvalue weighted by Crippen LogP contribution is 2.46. The number of amides is 1. The van der Waals surface area contributed by atoms with Gasteiger partial charge in [-0.1, -0.05) is 13.8 Å². The van der Waals surface area contributed by atoms with Gasteiger partial charge < -0.3 is 16.4 Å². The maximum Gasteiger partial charge on any atom is 0.253 e. The first kappa shape index (κ1) is 11.8. The van der Waals surface area contributed by atoms with Crippen LogP contribution in [0.1, 0.15) is 30.6 Å². The summed E-state index contributed by atoms with van der Waals surface area (Å²) >= 11 is 0. The summed E-state index contributed by atoms with van der Waals surface area (Å²) in [5.41, 5.74) is 8.20. The number of benzene rings is 1. The van der Waals surface area contributed by atoms with Crippen molar-refractivity contribution in [3.05, 3.63) is 23.8 Å². The highest BCUT2D eigenvalue weighted by atomic mass is 16.1. The molecular weight excluding hydrogens is 214 g/mol. The Morgan fingerprint density at radius 1 is 1.47 bits per heavy atom. The van der Waals surface area contributed by atoms with Crippen LogP contribution >= 0.6 is 0 Å². The summed E-state index contributed by atoms with van der Waals surface area (Å²) in [7, 11) is 1.63. The largest absolute Gasteiger partial charge is 0.399 e. The van der Waals surface area contributed by atoms with Gasteiger partial charge in [-0.25, -0.2) is 0 Å². The summed E-state index contributed by atoms with van der Waals surface area (Å²) < 4.78 is 0. The van der Waals surface area contributed by atoms with E-state index >= 15 is 0 Å². The van der Waals surface area contributed by atoms with E-state index in [4.69, 9.17) is 5.73 Å². The summed E-state index contributed by atoms with van der Waals surface area (Å²) in [6.07, 6.45) is 1.12. The van der Waals surface area contributed by atoms with E-state index in [1.807, 2.05) is 6.07 Å². The second-order valence-corrected chi connectivity index (χ2v) is 5.27. The molecule has 1 aliphatic carbocycles. The third kappa shape index (κ3) is 2.35. The lowest BCUT2D eigenvalue weighted by molar-refractivity contribution is 0.0964. The molecule has 0 radical (unpaired) electrons. The molecule has 0 spiro atoms. The molecule has 4 nitrogen and oxygen atoms in total. The Morgan fingerprint density at radius 2 is 2.12 bits per heavy atom. The Morgan fingerprint density at radius 3 is 2.65 bits per heavy atom. The number of rotatable bonds is 3. The number of carbonyl (C=O) groups excluding carboxylic acids is 1. The van der Waals surface area contributed by atoms with E-state index in [1.165, 1.54) is 0 Å². The van der Waals surface area contributed by atoms with Crippen LogP contribution in [0.2, 0.25) is 0 Å². The van der Waals surface area contributed by atoms with E-state index in [2.05, 4.69) is 24.5 Å². The van der Waals surface area contributed by atoms with Crippen LogP contribution in [0.25, 0.3) is 0 Å². The molecule has 17 heavy (non-hydrogen) atoms. The molecule has 0 aliphatic heterocycles. The summed E-state index contributed by atoms with van der Waals surface area (Å²) in [6, 6.07) is 5.74. The van der Waals surface area contributed by atoms with E-state index in [9.17, 15) is 4.79 Å². The lowest BCUT2D eigenvalue weighted by Crippen LogP contribution is -2.21. The SMILES string of the molecule is CNC(=O)c1ccc(N)cc1NC1CC1(C)C. The predicted molar refractivity (Wildman–Crippen MR) is 70.1 cm³/mol. The number of anilines is 2. The molecule has 1 aromatic rings. The van der Waals surface area contributed by atoms with Crippen LogP contribution < -0.4 is 16.4 Å². The third-order valence-electron chi connectivity index (χ3n) is 3.36. The van der Waals surface area contributed by atoms with Crippen molar-refractivity contribution in [1.29, 1.82) is 0 Å². The van der Waals surface area contributed by atoms with Crippen molar-refractivity contribution in [3.63, 3.8) is 0 Å². The van der Waals surface area contributed by atoms with Gasteiger partial charge in [-0.15, -0.1) is 0 Å². The molecule has 0 saturated heterocycles. The highest BCUT2D eigenvalue weighted by molar-refractivity contribution is 6.00. The standard InChI is InChI=1S/C13H19N3O/c1-13(2)7-11(13)16-10-6-8(14)4-5-9(10)12(17)15-3/h4-6,11,16H,7,14H2,1-3H3,(H,15,17). The molecule has 1 aromatic carbocycles. The average molecular weight is 233 g/mol. The maximum atomic E-state index is 11.7. The second kappa shape index (κ2) is 3.95. The van der Waals surface area contributed by atoms with Gasteiger partial charge in [0, 0.05) is 24.5 Å². The molecule has 4 N–H and O–H groups in total. The van der Waals surface area contributed by atoms with Crippen molar-refractivity contribution in [1.82, 2.24) is 5.32 Å². The second-order valence-electron chi connectivity index (χ2n) is 5.27. The van der Waals surface area contributed by atoms with Crippen LogP contribution in [0.5, 0.6) is 0 Å². The van der Waals surface area contributed by atoms with Gasteiger partial charge in [-0.3, -0.25) is 4.79 Å². The topological polar surface area (TPSA) is 67.2 Å².